The SMILES string of the molecule is O=C(O)N1CC2(CCCC2)C1N1CCN(c2ncccc2-c2nncs2)CC1. The second-order valence-electron chi connectivity index (χ2n) is 8.00. The summed E-state index contributed by atoms with van der Waals surface area (Å²) in [6.07, 6.45) is 5.84. The molecule has 9 heteroatoms. The molecule has 8 nitrogen and oxygen atoms in total. The van der Waals surface area contributed by atoms with Gasteiger partial charge in [-0.2, -0.15) is 0 Å². The molecule has 0 radical (unpaired) electrons. The molecule has 1 N–H and O–H groups in total. The van der Waals surface area contributed by atoms with E-state index >= 15 is 0 Å². The standard InChI is InChI=1S/C19H24N6O2S/c26-18(27)25-12-19(5-1-2-6-19)17(25)24-10-8-23(9-11-24)15-14(4-3-7-20-15)16-22-21-13-28-16/h3-4,7,13,17H,1-2,5-6,8-12H2,(H,26,27). The van der Waals surface area contributed by atoms with Crippen LogP contribution in [0, 0.1) is 5.41 Å². The second kappa shape index (κ2) is 6.97. The number of hydrogen-bond acceptors (Lipinski definition) is 7. The Morgan fingerprint density at radius 2 is 2.00 bits per heavy atom. The molecule has 2 aliphatic heterocycles. The van der Waals surface area contributed by atoms with E-state index in [1.54, 1.807) is 10.4 Å². The lowest BCUT2D eigenvalue weighted by molar-refractivity contribution is -0.136. The number of likely N-dealkylation sites (tertiary alicyclic amines) is 1. The number of pyridine rings is 1. The number of piperazine rings is 1. The number of anilines is 1. The molecule has 2 aromatic rings. The molecular formula is C19H24N6O2S. The summed E-state index contributed by atoms with van der Waals surface area (Å²) in [7, 11) is 0. The van der Waals surface area contributed by atoms with Crippen LogP contribution in [-0.2, 0) is 0 Å². The summed E-state index contributed by atoms with van der Waals surface area (Å²) in [4.78, 5) is 22.6. The van der Waals surface area contributed by atoms with E-state index in [1.807, 2.05) is 18.3 Å². The Kier molecular flexibility index (Phi) is 4.43. The van der Waals surface area contributed by atoms with Crippen LogP contribution < -0.4 is 4.90 Å². The minimum Gasteiger partial charge on any atom is -0.465 e. The van der Waals surface area contributed by atoms with Crippen molar-refractivity contribution in [2.24, 2.45) is 5.41 Å². The quantitative estimate of drug-likeness (QED) is 0.847. The molecule has 3 fully saturated rings. The van der Waals surface area contributed by atoms with E-state index in [1.165, 1.54) is 24.2 Å². The zero-order valence-corrected chi connectivity index (χ0v) is 16.5. The van der Waals surface area contributed by atoms with Crippen LogP contribution in [0.3, 0.4) is 0 Å². The summed E-state index contributed by atoms with van der Waals surface area (Å²) in [5.74, 6) is 0.943. The minimum absolute atomic E-state index is 0.0426. The molecule has 5 rings (SSSR count). The fourth-order valence-electron chi connectivity index (χ4n) is 5.26. The molecule has 4 heterocycles. The highest BCUT2D eigenvalue weighted by molar-refractivity contribution is 7.12. The summed E-state index contributed by atoms with van der Waals surface area (Å²) in [6, 6.07) is 3.97. The monoisotopic (exact) mass is 400 g/mol. The van der Waals surface area contributed by atoms with Crippen molar-refractivity contribution in [2.75, 3.05) is 37.6 Å². The Morgan fingerprint density at radius 1 is 1.21 bits per heavy atom. The van der Waals surface area contributed by atoms with Gasteiger partial charge in [-0.15, -0.1) is 10.2 Å². The van der Waals surface area contributed by atoms with Gasteiger partial charge in [-0.1, -0.05) is 24.2 Å². The van der Waals surface area contributed by atoms with Crippen molar-refractivity contribution in [1.82, 2.24) is 25.0 Å². The van der Waals surface area contributed by atoms with Gasteiger partial charge in [0.2, 0.25) is 0 Å². The summed E-state index contributed by atoms with van der Waals surface area (Å²) in [6.45, 7) is 4.07. The molecule has 148 valence electrons. The first-order valence-corrected chi connectivity index (χ1v) is 10.8. The van der Waals surface area contributed by atoms with Crippen LogP contribution in [0.4, 0.5) is 10.6 Å². The van der Waals surface area contributed by atoms with Crippen molar-refractivity contribution in [3.05, 3.63) is 23.8 Å². The number of amides is 1. The fourth-order valence-corrected chi connectivity index (χ4v) is 5.84. The Bertz CT molecular complexity index is 846. The van der Waals surface area contributed by atoms with Gasteiger partial charge in [0.15, 0.2) is 5.01 Å². The lowest BCUT2D eigenvalue weighted by Gasteiger charge is -2.59. The lowest BCUT2D eigenvalue weighted by Crippen LogP contribution is -2.73. The Hall–Kier alpha value is -2.26. The van der Waals surface area contributed by atoms with Crippen LogP contribution in [0.25, 0.3) is 10.6 Å². The smallest absolute Gasteiger partial charge is 0.408 e. The van der Waals surface area contributed by atoms with Gasteiger partial charge in [0.05, 0.1) is 11.7 Å². The second-order valence-corrected chi connectivity index (χ2v) is 8.83. The highest BCUT2D eigenvalue weighted by Crippen LogP contribution is 2.51. The summed E-state index contributed by atoms with van der Waals surface area (Å²) >= 11 is 1.52. The number of nitrogens with zero attached hydrogens (tertiary/aromatic N) is 6. The molecule has 1 atom stereocenters. The number of aromatic nitrogens is 3. The Morgan fingerprint density at radius 3 is 2.68 bits per heavy atom. The maximum Gasteiger partial charge on any atom is 0.408 e. The lowest BCUT2D eigenvalue weighted by atomic mass is 9.73. The highest BCUT2D eigenvalue weighted by atomic mass is 32.1. The van der Waals surface area contributed by atoms with E-state index in [2.05, 4.69) is 25.0 Å². The van der Waals surface area contributed by atoms with E-state index in [0.717, 1.165) is 55.4 Å². The predicted octanol–water partition coefficient (Wildman–Crippen LogP) is 2.60. The van der Waals surface area contributed by atoms with E-state index in [0.29, 0.717) is 6.54 Å². The molecule has 2 saturated heterocycles. The molecule has 1 amide bonds. The molecular weight excluding hydrogens is 376 g/mol. The van der Waals surface area contributed by atoms with Gasteiger partial charge in [0.1, 0.15) is 11.3 Å². The van der Waals surface area contributed by atoms with Gasteiger partial charge in [-0.25, -0.2) is 9.78 Å². The van der Waals surface area contributed by atoms with Crippen molar-refractivity contribution in [3.8, 4) is 10.6 Å². The van der Waals surface area contributed by atoms with Crippen molar-refractivity contribution in [3.63, 3.8) is 0 Å². The fraction of sp³-hybridized carbons (Fsp3) is 0.579. The number of rotatable bonds is 3. The number of hydrogen-bond donors (Lipinski definition) is 1. The molecule has 0 bridgehead atoms. The maximum absolute atomic E-state index is 11.7. The topological polar surface area (TPSA) is 85.7 Å². The zero-order chi connectivity index (χ0) is 19.1. The highest BCUT2D eigenvalue weighted by Gasteiger charge is 2.58. The average molecular weight is 401 g/mol. The minimum atomic E-state index is -0.784. The molecule has 1 saturated carbocycles. The summed E-state index contributed by atoms with van der Waals surface area (Å²) in [5.41, 5.74) is 2.94. The van der Waals surface area contributed by atoms with E-state index < -0.39 is 6.09 Å². The van der Waals surface area contributed by atoms with Crippen molar-refractivity contribution in [1.29, 1.82) is 0 Å². The van der Waals surface area contributed by atoms with Crippen LogP contribution >= 0.6 is 11.3 Å². The van der Waals surface area contributed by atoms with Gasteiger partial charge in [0, 0.05) is 44.3 Å². The molecule has 1 aliphatic carbocycles. The molecule has 1 unspecified atom stereocenters. The van der Waals surface area contributed by atoms with E-state index in [9.17, 15) is 9.90 Å². The largest absolute Gasteiger partial charge is 0.465 e. The van der Waals surface area contributed by atoms with Gasteiger partial charge in [-0.05, 0) is 25.0 Å². The van der Waals surface area contributed by atoms with Crippen LogP contribution in [0.15, 0.2) is 23.8 Å². The first kappa shape index (κ1) is 17.8. The van der Waals surface area contributed by atoms with Crippen molar-refractivity contribution >= 4 is 23.2 Å². The van der Waals surface area contributed by atoms with Gasteiger partial charge in [0.25, 0.3) is 0 Å². The normalized spacial score (nSPS) is 24.5. The predicted molar refractivity (Wildman–Crippen MR) is 106 cm³/mol. The van der Waals surface area contributed by atoms with Gasteiger partial charge in [-0.3, -0.25) is 9.80 Å². The maximum atomic E-state index is 11.7. The molecule has 2 aromatic heterocycles. The third-order valence-electron chi connectivity index (χ3n) is 6.51. The Labute approximate surface area is 167 Å². The van der Waals surface area contributed by atoms with Crippen molar-refractivity contribution in [2.45, 2.75) is 31.8 Å². The van der Waals surface area contributed by atoms with Gasteiger partial charge >= 0.3 is 6.09 Å². The Balaban J connectivity index is 1.33. The van der Waals surface area contributed by atoms with E-state index in [4.69, 9.17) is 0 Å². The van der Waals surface area contributed by atoms with Crippen LogP contribution in [0.2, 0.25) is 0 Å². The first-order valence-electron chi connectivity index (χ1n) is 9.88. The first-order chi connectivity index (χ1) is 13.7. The molecule has 1 spiro atoms. The third kappa shape index (κ3) is 2.84. The van der Waals surface area contributed by atoms with Crippen LogP contribution in [0.5, 0.6) is 0 Å². The van der Waals surface area contributed by atoms with Crippen LogP contribution in [-0.4, -0.2) is 75.1 Å². The zero-order valence-electron chi connectivity index (χ0n) is 15.7. The van der Waals surface area contributed by atoms with Gasteiger partial charge < -0.3 is 10.0 Å². The van der Waals surface area contributed by atoms with Crippen LogP contribution in [0.1, 0.15) is 25.7 Å². The number of carboxylic acid groups (broad SMARTS) is 1. The summed E-state index contributed by atoms with van der Waals surface area (Å²) in [5, 5.41) is 18.7. The molecule has 0 aromatic carbocycles. The molecule has 3 aliphatic rings. The number of carbonyl (C=O) groups is 1. The van der Waals surface area contributed by atoms with Crippen molar-refractivity contribution < 1.29 is 9.90 Å². The van der Waals surface area contributed by atoms with E-state index in [-0.39, 0.29) is 11.6 Å². The third-order valence-corrected chi connectivity index (χ3v) is 7.23. The molecule has 28 heavy (non-hydrogen) atoms. The average Bonchev–Trinajstić information content (AvgIpc) is 3.40. The summed E-state index contributed by atoms with van der Waals surface area (Å²) < 4.78 is 0.